The van der Waals surface area contributed by atoms with E-state index in [2.05, 4.69) is 40.2 Å². The molecule has 0 spiro atoms. The van der Waals surface area contributed by atoms with E-state index in [9.17, 15) is 0 Å². The van der Waals surface area contributed by atoms with Gasteiger partial charge in [-0.3, -0.25) is 4.68 Å². The predicted octanol–water partition coefficient (Wildman–Crippen LogP) is 3.44. The minimum atomic E-state index is -0.00188. The van der Waals surface area contributed by atoms with Crippen LogP contribution in [0.5, 0.6) is 0 Å². The number of hydrogen-bond donors (Lipinski definition) is 1. The van der Waals surface area contributed by atoms with Crippen LogP contribution < -0.4 is 5.32 Å². The van der Waals surface area contributed by atoms with E-state index in [1.165, 1.54) is 0 Å². The van der Waals surface area contributed by atoms with Gasteiger partial charge in [0.25, 0.3) is 0 Å². The zero-order chi connectivity index (χ0) is 13.3. The van der Waals surface area contributed by atoms with Gasteiger partial charge in [-0.1, -0.05) is 0 Å². The van der Waals surface area contributed by atoms with E-state index in [0.29, 0.717) is 6.04 Å². The van der Waals surface area contributed by atoms with Crippen molar-refractivity contribution in [1.82, 2.24) is 15.1 Å². The van der Waals surface area contributed by atoms with E-state index in [0.717, 1.165) is 21.7 Å². The molecule has 2 aromatic rings. The molecule has 0 aliphatic carbocycles. The normalized spacial score (nSPS) is 13.2. The lowest BCUT2D eigenvalue weighted by atomic mass is 10.1. The first-order valence-corrected chi connectivity index (χ1v) is 6.80. The van der Waals surface area contributed by atoms with Crippen LogP contribution in [0.3, 0.4) is 0 Å². The van der Waals surface area contributed by atoms with Crippen molar-refractivity contribution in [3.63, 3.8) is 0 Å². The number of rotatable bonds is 4. The molecular weight excluding hydrogens is 294 g/mol. The number of halogens is 1. The van der Waals surface area contributed by atoms with Crippen LogP contribution in [0.15, 0.2) is 27.2 Å². The van der Waals surface area contributed by atoms with E-state index >= 15 is 0 Å². The van der Waals surface area contributed by atoms with Crippen LogP contribution in [-0.2, 0) is 0 Å². The molecule has 98 valence electrons. The highest BCUT2D eigenvalue weighted by Gasteiger charge is 2.24. The van der Waals surface area contributed by atoms with Gasteiger partial charge in [0.15, 0.2) is 0 Å². The van der Waals surface area contributed by atoms with Gasteiger partial charge in [-0.25, -0.2) is 0 Å². The third-order valence-corrected chi connectivity index (χ3v) is 3.49. The van der Waals surface area contributed by atoms with Gasteiger partial charge in [0.2, 0.25) is 0 Å². The Kier molecular flexibility index (Phi) is 3.92. The van der Waals surface area contributed by atoms with Gasteiger partial charge < -0.3 is 9.73 Å². The molecule has 0 aliphatic rings. The van der Waals surface area contributed by atoms with Crippen LogP contribution in [0.25, 0.3) is 0 Å². The lowest BCUT2D eigenvalue weighted by Gasteiger charge is -2.19. The summed E-state index contributed by atoms with van der Waals surface area (Å²) in [4.78, 5) is 0. The topological polar surface area (TPSA) is 43.0 Å². The quantitative estimate of drug-likeness (QED) is 0.940. The van der Waals surface area contributed by atoms with Gasteiger partial charge >= 0.3 is 0 Å². The highest BCUT2D eigenvalue weighted by molar-refractivity contribution is 9.10. The van der Waals surface area contributed by atoms with Gasteiger partial charge in [0, 0.05) is 6.04 Å². The van der Waals surface area contributed by atoms with Gasteiger partial charge in [0.1, 0.15) is 17.6 Å². The maximum Gasteiger partial charge on any atom is 0.127 e. The average Bonchev–Trinajstić information content (AvgIpc) is 2.88. The summed E-state index contributed by atoms with van der Waals surface area (Å²) in [7, 11) is 1.92. The predicted molar refractivity (Wildman–Crippen MR) is 74.7 cm³/mol. The summed E-state index contributed by atoms with van der Waals surface area (Å²) < 4.78 is 8.72. The molecule has 0 saturated heterocycles. The minimum absolute atomic E-state index is 0.00188. The van der Waals surface area contributed by atoms with Crippen molar-refractivity contribution in [3.05, 3.63) is 40.0 Å². The zero-order valence-electron chi connectivity index (χ0n) is 11.1. The molecule has 2 rings (SSSR count). The SMILES string of the molecule is CNC(c1ccc(C)o1)c1c(Br)cnn1C(C)C. The monoisotopic (exact) mass is 311 g/mol. The first-order valence-electron chi connectivity index (χ1n) is 6.01. The van der Waals surface area contributed by atoms with Crippen molar-refractivity contribution in [1.29, 1.82) is 0 Å². The molecule has 5 heteroatoms. The minimum Gasteiger partial charge on any atom is -0.464 e. The summed E-state index contributed by atoms with van der Waals surface area (Å²) in [5.41, 5.74) is 1.09. The van der Waals surface area contributed by atoms with E-state index < -0.39 is 0 Å². The molecular formula is C13H18BrN3O. The Morgan fingerprint density at radius 2 is 2.11 bits per heavy atom. The van der Waals surface area contributed by atoms with Crippen LogP contribution in [0, 0.1) is 6.92 Å². The largest absolute Gasteiger partial charge is 0.464 e. The number of aryl methyl sites for hydroxylation is 1. The average molecular weight is 312 g/mol. The summed E-state index contributed by atoms with van der Waals surface area (Å²) in [6.07, 6.45) is 1.83. The standard InChI is InChI=1S/C13H18BrN3O/c1-8(2)17-13(10(14)7-16-17)12(15-4)11-6-5-9(3)18-11/h5-8,12,15H,1-4H3. The highest BCUT2D eigenvalue weighted by atomic mass is 79.9. The third kappa shape index (κ3) is 2.37. The molecule has 0 bridgehead atoms. The molecule has 2 heterocycles. The molecule has 0 aromatic carbocycles. The number of nitrogens with one attached hydrogen (secondary N) is 1. The van der Waals surface area contributed by atoms with Crippen molar-refractivity contribution in [2.45, 2.75) is 32.9 Å². The lowest BCUT2D eigenvalue weighted by Crippen LogP contribution is -2.22. The summed E-state index contributed by atoms with van der Waals surface area (Å²) in [6.45, 7) is 6.18. The number of hydrogen-bond acceptors (Lipinski definition) is 3. The summed E-state index contributed by atoms with van der Waals surface area (Å²) >= 11 is 3.57. The number of furan rings is 1. The Morgan fingerprint density at radius 1 is 1.39 bits per heavy atom. The fraction of sp³-hybridized carbons (Fsp3) is 0.462. The van der Waals surface area contributed by atoms with Crippen LogP contribution in [-0.4, -0.2) is 16.8 Å². The Bertz CT molecular complexity index is 530. The Labute approximate surface area is 115 Å². The number of nitrogens with zero attached hydrogens (tertiary/aromatic N) is 2. The van der Waals surface area contributed by atoms with Gasteiger partial charge in [-0.2, -0.15) is 5.10 Å². The summed E-state index contributed by atoms with van der Waals surface area (Å²) in [5.74, 6) is 1.81. The number of aromatic nitrogens is 2. The van der Waals surface area contributed by atoms with Gasteiger partial charge in [-0.15, -0.1) is 0 Å². The van der Waals surface area contributed by atoms with Crippen LogP contribution in [0.1, 0.15) is 43.1 Å². The van der Waals surface area contributed by atoms with Crippen LogP contribution in [0.4, 0.5) is 0 Å². The summed E-state index contributed by atoms with van der Waals surface area (Å²) in [5, 5.41) is 7.69. The van der Waals surface area contributed by atoms with Gasteiger partial charge in [-0.05, 0) is 55.9 Å². The van der Waals surface area contributed by atoms with Crippen molar-refractivity contribution in [2.24, 2.45) is 0 Å². The second kappa shape index (κ2) is 5.28. The van der Waals surface area contributed by atoms with Crippen LogP contribution in [0.2, 0.25) is 0 Å². The summed E-state index contributed by atoms with van der Waals surface area (Å²) in [6, 6.07) is 4.28. The Balaban J connectivity index is 2.47. The molecule has 4 nitrogen and oxygen atoms in total. The van der Waals surface area contributed by atoms with E-state index in [-0.39, 0.29) is 6.04 Å². The Morgan fingerprint density at radius 3 is 2.61 bits per heavy atom. The molecule has 0 radical (unpaired) electrons. The first-order chi connectivity index (χ1) is 8.54. The highest BCUT2D eigenvalue weighted by Crippen LogP contribution is 2.31. The molecule has 1 unspecified atom stereocenters. The smallest absolute Gasteiger partial charge is 0.127 e. The van der Waals surface area contributed by atoms with Crippen molar-refractivity contribution < 1.29 is 4.42 Å². The van der Waals surface area contributed by atoms with Gasteiger partial charge in [0.05, 0.1) is 16.4 Å². The zero-order valence-corrected chi connectivity index (χ0v) is 12.7. The van der Waals surface area contributed by atoms with Crippen molar-refractivity contribution >= 4 is 15.9 Å². The maximum atomic E-state index is 5.73. The van der Waals surface area contributed by atoms with Crippen LogP contribution >= 0.6 is 15.9 Å². The van der Waals surface area contributed by atoms with E-state index in [4.69, 9.17) is 4.42 Å². The molecule has 0 saturated carbocycles. The van der Waals surface area contributed by atoms with Crippen molar-refractivity contribution in [3.8, 4) is 0 Å². The molecule has 0 aliphatic heterocycles. The van der Waals surface area contributed by atoms with E-state index in [1.54, 1.807) is 0 Å². The third-order valence-electron chi connectivity index (χ3n) is 2.88. The Hall–Kier alpha value is -1.07. The van der Waals surface area contributed by atoms with E-state index in [1.807, 2.05) is 37.0 Å². The molecule has 1 N–H and O–H groups in total. The first kappa shape index (κ1) is 13.4. The maximum absolute atomic E-state index is 5.73. The molecule has 0 fully saturated rings. The molecule has 2 aromatic heterocycles. The van der Waals surface area contributed by atoms with Crippen molar-refractivity contribution in [2.75, 3.05) is 7.05 Å². The fourth-order valence-corrected chi connectivity index (χ4v) is 2.56. The molecule has 18 heavy (non-hydrogen) atoms. The molecule has 1 atom stereocenters. The molecule has 0 amide bonds. The second-order valence-corrected chi connectivity index (χ2v) is 5.44. The lowest BCUT2D eigenvalue weighted by molar-refractivity contribution is 0.414. The second-order valence-electron chi connectivity index (χ2n) is 4.59. The fourth-order valence-electron chi connectivity index (χ4n) is 2.05.